The monoisotopic (exact) mass is 296 g/mol. The van der Waals surface area contributed by atoms with Crippen LogP contribution >= 0.6 is 0 Å². The maximum Gasteiger partial charge on any atom is 0.289 e. The Morgan fingerprint density at radius 3 is 2.62 bits per heavy atom. The number of carbonyl (C=O) groups excluding carboxylic acids is 4. The number of ketones is 1. The molecule has 1 atom stereocenters. The third-order valence-corrected chi connectivity index (χ3v) is 3.13. The van der Waals surface area contributed by atoms with Gasteiger partial charge >= 0.3 is 0 Å². The summed E-state index contributed by atoms with van der Waals surface area (Å²) in [5.41, 5.74) is 5.28. The summed E-state index contributed by atoms with van der Waals surface area (Å²) in [6.07, 6.45) is 2.67. The molecule has 1 heterocycles. The highest BCUT2D eigenvalue weighted by molar-refractivity contribution is 6.37. The summed E-state index contributed by atoms with van der Waals surface area (Å²) in [5, 5.41) is 4.70. The Labute approximate surface area is 122 Å². The fourth-order valence-corrected chi connectivity index (χ4v) is 2.08. The van der Waals surface area contributed by atoms with Crippen molar-refractivity contribution in [3.05, 3.63) is 12.7 Å². The molecule has 4 N–H and O–H groups in total. The Bertz CT molecular complexity index is 449. The minimum absolute atomic E-state index is 0.160. The van der Waals surface area contributed by atoms with Crippen molar-refractivity contribution in [3.63, 3.8) is 0 Å². The van der Waals surface area contributed by atoms with Crippen LogP contribution in [0.25, 0.3) is 0 Å². The van der Waals surface area contributed by atoms with Crippen molar-refractivity contribution in [2.75, 3.05) is 26.2 Å². The molecule has 21 heavy (non-hydrogen) atoms. The standard InChI is InChI=1S/C13H20N4O4/c1-2-5-15-13(21)10(18)8-16-12(20)9-4-3-6-17(9)11(19)7-14/h2,9H,1,3-8,14H2,(H,15,21)(H,16,20). The maximum absolute atomic E-state index is 12.0. The first-order chi connectivity index (χ1) is 10.0. The predicted molar refractivity (Wildman–Crippen MR) is 75.0 cm³/mol. The van der Waals surface area contributed by atoms with Crippen molar-refractivity contribution in [2.45, 2.75) is 18.9 Å². The molecule has 1 rings (SSSR count). The van der Waals surface area contributed by atoms with E-state index in [1.54, 1.807) is 0 Å². The van der Waals surface area contributed by atoms with Crippen LogP contribution in [0.1, 0.15) is 12.8 Å². The number of hydrogen-bond acceptors (Lipinski definition) is 5. The highest BCUT2D eigenvalue weighted by Crippen LogP contribution is 2.17. The lowest BCUT2D eigenvalue weighted by Crippen LogP contribution is -2.49. The summed E-state index contributed by atoms with van der Waals surface area (Å²) in [7, 11) is 0. The van der Waals surface area contributed by atoms with E-state index >= 15 is 0 Å². The van der Waals surface area contributed by atoms with Gasteiger partial charge in [0, 0.05) is 13.1 Å². The minimum atomic E-state index is -0.781. The van der Waals surface area contributed by atoms with Gasteiger partial charge in [0.05, 0.1) is 13.1 Å². The number of nitrogens with zero attached hydrogens (tertiary/aromatic N) is 1. The van der Waals surface area contributed by atoms with E-state index in [9.17, 15) is 19.2 Å². The van der Waals surface area contributed by atoms with Crippen LogP contribution < -0.4 is 16.4 Å². The number of hydrogen-bond donors (Lipinski definition) is 3. The van der Waals surface area contributed by atoms with E-state index in [1.807, 2.05) is 0 Å². The summed E-state index contributed by atoms with van der Waals surface area (Å²) < 4.78 is 0. The largest absolute Gasteiger partial charge is 0.347 e. The van der Waals surface area contributed by atoms with E-state index in [4.69, 9.17) is 5.73 Å². The second-order valence-corrected chi connectivity index (χ2v) is 4.59. The first-order valence-electron chi connectivity index (χ1n) is 6.70. The fraction of sp³-hybridized carbons (Fsp3) is 0.538. The molecule has 1 aliphatic rings. The van der Waals surface area contributed by atoms with Crippen molar-refractivity contribution < 1.29 is 19.2 Å². The van der Waals surface area contributed by atoms with Crippen LogP contribution in [-0.2, 0) is 19.2 Å². The highest BCUT2D eigenvalue weighted by Gasteiger charge is 2.33. The van der Waals surface area contributed by atoms with Gasteiger partial charge in [0.2, 0.25) is 17.6 Å². The summed E-state index contributed by atoms with van der Waals surface area (Å²) in [6.45, 7) is 3.50. The molecule has 0 aliphatic carbocycles. The van der Waals surface area contributed by atoms with Gasteiger partial charge in [0.15, 0.2) is 0 Å². The predicted octanol–water partition coefficient (Wildman–Crippen LogP) is -2.08. The van der Waals surface area contributed by atoms with Crippen LogP contribution in [0, 0.1) is 0 Å². The van der Waals surface area contributed by atoms with Crippen molar-refractivity contribution in [3.8, 4) is 0 Å². The van der Waals surface area contributed by atoms with E-state index in [0.29, 0.717) is 19.4 Å². The third kappa shape index (κ3) is 4.67. The Morgan fingerprint density at radius 2 is 2.00 bits per heavy atom. The Balaban J connectivity index is 2.46. The molecule has 0 saturated carbocycles. The number of nitrogens with one attached hydrogen (secondary N) is 2. The van der Waals surface area contributed by atoms with Crippen LogP contribution in [0.3, 0.4) is 0 Å². The second kappa shape index (κ2) is 8.15. The summed E-state index contributed by atoms with van der Waals surface area (Å²) in [4.78, 5) is 47.7. The average molecular weight is 296 g/mol. The van der Waals surface area contributed by atoms with Crippen LogP contribution in [0.2, 0.25) is 0 Å². The van der Waals surface area contributed by atoms with E-state index in [1.165, 1.54) is 11.0 Å². The molecule has 3 amide bonds. The van der Waals surface area contributed by atoms with Gasteiger partial charge in [-0.3, -0.25) is 19.2 Å². The van der Waals surface area contributed by atoms with E-state index in [-0.39, 0.29) is 19.0 Å². The number of rotatable bonds is 7. The molecule has 1 saturated heterocycles. The van der Waals surface area contributed by atoms with Gasteiger partial charge in [0.25, 0.3) is 5.91 Å². The lowest BCUT2D eigenvalue weighted by molar-refractivity contribution is -0.139. The van der Waals surface area contributed by atoms with Gasteiger partial charge in [0.1, 0.15) is 6.04 Å². The molecule has 1 unspecified atom stereocenters. The van der Waals surface area contributed by atoms with Gasteiger partial charge in [-0.15, -0.1) is 6.58 Å². The van der Waals surface area contributed by atoms with Crippen LogP contribution in [-0.4, -0.2) is 60.6 Å². The number of carbonyl (C=O) groups is 4. The lowest BCUT2D eigenvalue weighted by Gasteiger charge is -2.23. The molecule has 0 radical (unpaired) electrons. The molecule has 0 aromatic heterocycles. The summed E-state index contributed by atoms with van der Waals surface area (Å²) in [5.74, 6) is -2.28. The van der Waals surface area contributed by atoms with E-state index in [2.05, 4.69) is 17.2 Å². The van der Waals surface area contributed by atoms with E-state index in [0.717, 1.165) is 0 Å². The smallest absolute Gasteiger partial charge is 0.289 e. The second-order valence-electron chi connectivity index (χ2n) is 4.59. The van der Waals surface area contributed by atoms with Gasteiger partial charge in [-0.2, -0.15) is 0 Å². The summed E-state index contributed by atoms with van der Waals surface area (Å²) >= 11 is 0. The van der Waals surface area contributed by atoms with Gasteiger partial charge in [-0.05, 0) is 12.8 Å². The average Bonchev–Trinajstić information content (AvgIpc) is 2.98. The Morgan fingerprint density at radius 1 is 1.29 bits per heavy atom. The van der Waals surface area contributed by atoms with Crippen molar-refractivity contribution in [2.24, 2.45) is 5.73 Å². The molecule has 0 aromatic rings. The van der Waals surface area contributed by atoms with Gasteiger partial charge in [-0.25, -0.2) is 0 Å². The molecule has 0 aromatic carbocycles. The number of amides is 3. The van der Waals surface area contributed by atoms with Crippen molar-refractivity contribution >= 4 is 23.5 Å². The number of nitrogens with two attached hydrogens (primary N) is 1. The van der Waals surface area contributed by atoms with Crippen LogP contribution in [0.4, 0.5) is 0 Å². The molecule has 116 valence electrons. The van der Waals surface area contributed by atoms with Crippen LogP contribution in [0.15, 0.2) is 12.7 Å². The molecular weight excluding hydrogens is 276 g/mol. The molecule has 0 bridgehead atoms. The zero-order chi connectivity index (χ0) is 15.8. The Kier molecular flexibility index (Phi) is 6.54. The fourth-order valence-electron chi connectivity index (χ4n) is 2.08. The molecule has 8 nitrogen and oxygen atoms in total. The highest BCUT2D eigenvalue weighted by atomic mass is 16.2. The summed E-state index contributed by atoms with van der Waals surface area (Å²) in [6, 6.07) is -0.620. The quantitative estimate of drug-likeness (QED) is 0.368. The minimum Gasteiger partial charge on any atom is -0.347 e. The number of likely N-dealkylation sites (tertiary alicyclic amines) is 1. The van der Waals surface area contributed by atoms with Crippen molar-refractivity contribution in [1.29, 1.82) is 0 Å². The zero-order valence-corrected chi connectivity index (χ0v) is 11.8. The molecule has 8 heteroatoms. The lowest BCUT2D eigenvalue weighted by atomic mass is 10.2. The Hall–Kier alpha value is -2.22. The van der Waals surface area contributed by atoms with Gasteiger partial charge in [-0.1, -0.05) is 6.08 Å². The molecular formula is C13H20N4O4. The topological polar surface area (TPSA) is 122 Å². The normalized spacial score (nSPS) is 17.2. The van der Waals surface area contributed by atoms with Gasteiger partial charge < -0.3 is 21.3 Å². The third-order valence-electron chi connectivity index (χ3n) is 3.13. The number of Topliss-reactive ketones (excluding diaryl/α,β-unsaturated/α-hetero) is 1. The first-order valence-corrected chi connectivity index (χ1v) is 6.70. The SMILES string of the molecule is C=CCNC(=O)C(=O)CNC(=O)C1CCCN1C(=O)CN. The molecule has 1 fully saturated rings. The maximum atomic E-state index is 12.0. The van der Waals surface area contributed by atoms with Crippen LogP contribution in [0.5, 0.6) is 0 Å². The molecule has 1 aliphatic heterocycles. The molecule has 0 spiro atoms. The first kappa shape index (κ1) is 16.8. The van der Waals surface area contributed by atoms with E-state index < -0.39 is 30.2 Å². The van der Waals surface area contributed by atoms with Crippen molar-refractivity contribution in [1.82, 2.24) is 15.5 Å². The zero-order valence-electron chi connectivity index (χ0n) is 11.8.